The van der Waals surface area contributed by atoms with Crippen molar-refractivity contribution in [3.05, 3.63) is 47.1 Å². The van der Waals surface area contributed by atoms with Crippen LogP contribution in [0.25, 0.3) is 0 Å². The third-order valence-corrected chi connectivity index (χ3v) is 6.31. The summed E-state index contributed by atoms with van der Waals surface area (Å²) in [7, 11) is 0. The van der Waals surface area contributed by atoms with E-state index in [1.54, 1.807) is 16.7 Å². The fourth-order valence-corrected chi connectivity index (χ4v) is 5.34. The number of ether oxygens (including phenoxy) is 1. The topological polar surface area (TPSA) is 9.23 Å². The zero-order valence-electron chi connectivity index (χ0n) is 15.7. The second-order valence-corrected chi connectivity index (χ2v) is 9.42. The molecule has 0 bridgehead atoms. The maximum absolute atomic E-state index is 6.06. The lowest BCUT2D eigenvalue weighted by atomic mass is 9.69. The summed E-state index contributed by atoms with van der Waals surface area (Å²) in [5.74, 6) is 3.75. The van der Waals surface area contributed by atoms with E-state index in [0.29, 0.717) is 6.10 Å². The molecular formula is C22H32OS. The van der Waals surface area contributed by atoms with Gasteiger partial charge in [-0.25, -0.2) is 0 Å². The van der Waals surface area contributed by atoms with Crippen molar-refractivity contribution in [1.29, 1.82) is 0 Å². The maximum atomic E-state index is 6.06. The number of thioether (sulfide) groups is 1. The van der Waals surface area contributed by atoms with E-state index >= 15 is 0 Å². The van der Waals surface area contributed by atoms with Crippen LogP contribution in [0, 0.1) is 11.8 Å². The zero-order chi connectivity index (χ0) is 17.2. The summed E-state index contributed by atoms with van der Waals surface area (Å²) in [5, 5.41) is 0. The van der Waals surface area contributed by atoms with Crippen LogP contribution in [-0.2, 0) is 4.74 Å². The molecule has 2 heteroatoms. The Bertz CT molecular complexity index is 573. The summed E-state index contributed by atoms with van der Waals surface area (Å²) >= 11 is 2.04. The first-order valence-corrected chi connectivity index (χ1v) is 10.6. The van der Waals surface area contributed by atoms with Crippen molar-refractivity contribution in [3.63, 3.8) is 0 Å². The van der Waals surface area contributed by atoms with Gasteiger partial charge in [-0.15, -0.1) is 0 Å². The van der Waals surface area contributed by atoms with Crippen molar-refractivity contribution in [2.75, 3.05) is 11.5 Å². The van der Waals surface area contributed by atoms with Crippen LogP contribution in [-0.4, -0.2) is 23.2 Å². The molecule has 0 aromatic heterocycles. The van der Waals surface area contributed by atoms with Crippen LogP contribution < -0.4 is 0 Å². The molecule has 0 N–H and O–H groups in total. The number of rotatable bonds is 5. The predicted octanol–water partition coefficient (Wildman–Crippen LogP) is 6.09. The van der Waals surface area contributed by atoms with Crippen molar-refractivity contribution >= 4 is 11.8 Å². The van der Waals surface area contributed by atoms with Crippen LogP contribution in [0.2, 0.25) is 0 Å². The molecule has 0 aliphatic heterocycles. The van der Waals surface area contributed by atoms with Crippen LogP contribution in [0.15, 0.2) is 47.1 Å². The minimum Gasteiger partial charge on any atom is -0.372 e. The molecule has 132 valence electrons. The molecule has 3 rings (SSSR count). The summed E-state index contributed by atoms with van der Waals surface area (Å²) < 4.78 is 6.06. The van der Waals surface area contributed by atoms with Crippen LogP contribution >= 0.6 is 11.8 Å². The molecule has 0 amide bonds. The van der Waals surface area contributed by atoms with Gasteiger partial charge in [0, 0.05) is 11.5 Å². The number of fused-ring (bicyclic) bond motifs is 2. The molecule has 0 saturated carbocycles. The van der Waals surface area contributed by atoms with E-state index in [2.05, 4.69) is 58.1 Å². The first-order chi connectivity index (χ1) is 11.4. The molecule has 1 nitrogen and oxygen atoms in total. The molecule has 3 aliphatic rings. The van der Waals surface area contributed by atoms with Crippen LogP contribution in [0.5, 0.6) is 0 Å². The van der Waals surface area contributed by atoms with E-state index in [1.807, 2.05) is 11.8 Å². The van der Waals surface area contributed by atoms with Gasteiger partial charge in [-0.2, -0.15) is 11.8 Å². The van der Waals surface area contributed by atoms with Gasteiger partial charge in [0.15, 0.2) is 0 Å². The molecule has 0 saturated heterocycles. The Morgan fingerprint density at radius 1 is 1.25 bits per heavy atom. The normalized spacial score (nSPS) is 27.6. The minimum atomic E-state index is -0.0499. The fourth-order valence-electron chi connectivity index (χ4n) is 4.28. The highest BCUT2D eigenvalue weighted by Crippen LogP contribution is 2.46. The van der Waals surface area contributed by atoms with Crippen molar-refractivity contribution in [2.45, 2.75) is 65.1 Å². The standard InChI is InChI=1S/C22H32OS/c1-16(23-22(2,3)4)14-24-15-21-19-11-7-5-9-17(19)13-18-10-6-8-12-20(18)21/h5,7-8,11-12,16-18H,6,9-10,13-15H2,1-4H3. The van der Waals surface area contributed by atoms with Gasteiger partial charge >= 0.3 is 0 Å². The predicted molar refractivity (Wildman–Crippen MR) is 106 cm³/mol. The van der Waals surface area contributed by atoms with Crippen molar-refractivity contribution in [1.82, 2.24) is 0 Å². The van der Waals surface area contributed by atoms with E-state index in [0.717, 1.165) is 23.3 Å². The summed E-state index contributed by atoms with van der Waals surface area (Å²) in [6.45, 7) is 8.62. The Morgan fingerprint density at radius 2 is 2.08 bits per heavy atom. The van der Waals surface area contributed by atoms with Gasteiger partial charge in [0.25, 0.3) is 0 Å². The highest BCUT2D eigenvalue weighted by molar-refractivity contribution is 7.99. The van der Waals surface area contributed by atoms with Crippen LogP contribution in [0.3, 0.4) is 0 Å². The SMILES string of the molecule is CC(CSCC1=C2C=CCCC2CC2CC=CC=C12)OC(C)(C)C. The highest BCUT2D eigenvalue weighted by Gasteiger charge is 2.32. The van der Waals surface area contributed by atoms with Gasteiger partial charge < -0.3 is 4.74 Å². The van der Waals surface area contributed by atoms with E-state index in [-0.39, 0.29) is 5.60 Å². The Labute approximate surface area is 152 Å². The minimum absolute atomic E-state index is 0.0499. The third-order valence-electron chi connectivity index (χ3n) is 5.11. The molecule has 0 heterocycles. The highest BCUT2D eigenvalue weighted by atomic mass is 32.2. The maximum Gasteiger partial charge on any atom is 0.0644 e. The Morgan fingerprint density at radius 3 is 2.88 bits per heavy atom. The second-order valence-electron chi connectivity index (χ2n) is 8.38. The van der Waals surface area contributed by atoms with Gasteiger partial charge in [-0.05, 0) is 81.9 Å². The molecule has 3 unspecified atom stereocenters. The average molecular weight is 345 g/mol. The molecular weight excluding hydrogens is 312 g/mol. The van der Waals surface area contributed by atoms with Crippen molar-refractivity contribution in [3.8, 4) is 0 Å². The Hall–Kier alpha value is -0.730. The molecule has 24 heavy (non-hydrogen) atoms. The van der Waals surface area contributed by atoms with Gasteiger partial charge in [-0.3, -0.25) is 0 Å². The molecule has 0 radical (unpaired) electrons. The lowest BCUT2D eigenvalue weighted by Crippen LogP contribution is -2.27. The first-order valence-electron chi connectivity index (χ1n) is 9.46. The molecule has 3 aliphatic carbocycles. The summed E-state index contributed by atoms with van der Waals surface area (Å²) in [5.41, 5.74) is 4.83. The largest absolute Gasteiger partial charge is 0.372 e. The zero-order valence-corrected chi connectivity index (χ0v) is 16.5. The molecule has 0 aromatic carbocycles. The third kappa shape index (κ3) is 4.46. The number of allylic oxidation sites excluding steroid dienone is 7. The monoisotopic (exact) mass is 344 g/mol. The molecule has 3 atom stereocenters. The quantitative estimate of drug-likeness (QED) is 0.596. The summed E-state index contributed by atoms with van der Waals surface area (Å²) in [6.07, 6.45) is 17.3. The van der Waals surface area contributed by atoms with Crippen LogP contribution in [0.4, 0.5) is 0 Å². The van der Waals surface area contributed by atoms with E-state index in [9.17, 15) is 0 Å². The van der Waals surface area contributed by atoms with Crippen molar-refractivity contribution in [2.24, 2.45) is 11.8 Å². The molecule has 0 spiro atoms. The number of hydrogen-bond acceptors (Lipinski definition) is 2. The second kappa shape index (κ2) is 7.66. The van der Waals surface area contributed by atoms with Gasteiger partial charge in [0.1, 0.15) is 0 Å². The number of hydrogen-bond donors (Lipinski definition) is 0. The lowest BCUT2D eigenvalue weighted by Gasteiger charge is -2.37. The molecule has 0 aromatic rings. The van der Waals surface area contributed by atoms with Gasteiger partial charge in [0.05, 0.1) is 11.7 Å². The van der Waals surface area contributed by atoms with E-state index in [4.69, 9.17) is 4.74 Å². The Kier molecular flexibility index (Phi) is 5.77. The summed E-state index contributed by atoms with van der Waals surface area (Å²) in [6, 6.07) is 0. The van der Waals surface area contributed by atoms with Crippen molar-refractivity contribution < 1.29 is 4.74 Å². The lowest BCUT2D eigenvalue weighted by molar-refractivity contribution is -0.0403. The van der Waals surface area contributed by atoms with Gasteiger partial charge in [-0.1, -0.05) is 30.4 Å². The van der Waals surface area contributed by atoms with E-state index in [1.165, 1.54) is 25.7 Å². The first kappa shape index (κ1) is 18.1. The average Bonchev–Trinajstić information content (AvgIpc) is 2.52. The van der Waals surface area contributed by atoms with Gasteiger partial charge in [0.2, 0.25) is 0 Å². The Balaban J connectivity index is 1.70. The van der Waals surface area contributed by atoms with E-state index < -0.39 is 0 Å². The summed E-state index contributed by atoms with van der Waals surface area (Å²) in [4.78, 5) is 0. The van der Waals surface area contributed by atoms with Crippen LogP contribution in [0.1, 0.15) is 53.4 Å². The fraction of sp³-hybridized carbons (Fsp3) is 0.636. The smallest absolute Gasteiger partial charge is 0.0644 e. The molecule has 0 fully saturated rings.